The van der Waals surface area contributed by atoms with E-state index in [1.165, 1.54) is 25.1 Å². The third-order valence-electron chi connectivity index (χ3n) is 2.01. The van der Waals surface area contributed by atoms with Crippen LogP contribution in [0.5, 0.6) is 5.75 Å². The smallest absolute Gasteiger partial charge is 0.308 e. The first-order valence-corrected chi connectivity index (χ1v) is 5.21. The predicted octanol–water partition coefficient (Wildman–Crippen LogP) is 2.05. The highest BCUT2D eigenvalue weighted by Crippen LogP contribution is 2.25. The largest absolute Gasteiger partial charge is 0.426 e. The van der Waals surface area contributed by atoms with E-state index in [9.17, 15) is 14.9 Å². The molecule has 6 nitrogen and oxygen atoms in total. The van der Waals surface area contributed by atoms with Gasteiger partial charge in [0.15, 0.2) is 0 Å². The Morgan fingerprint density at radius 1 is 1.44 bits per heavy atom. The lowest BCUT2D eigenvalue weighted by Gasteiger charge is -2.05. The van der Waals surface area contributed by atoms with Gasteiger partial charge in [0.1, 0.15) is 5.75 Å². The molecule has 1 aromatic carbocycles. The van der Waals surface area contributed by atoms with Crippen molar-refractivity contribution in [1.29, 1.82) is 0 Å². The Hall–Kier alpha value is -2.37. The summed E-state index contributed by atoms with van der Waals surface area (Å²) in [6.07, 6.45) is 3.32. The van der Waals surface area contributed by atoms with Crippen molar-refractivity contribution in [2.24, 2.45) is 0 Å². The molecule has 0 aliphatic rings. The first-order valence-electron chi connectivity index (χ1n) is 5.21. The average Bonchev–Trinajstić information content (AvgIpc) is 2.26. The topological polar surface area (TPSA) is 72.7 Å². The Labute approximate surface area is 105 Å². The van der Waals surface area contributed by atoms with Crippen LogP contribution >= 0.6 is 0 Å². The highest BCUT2D eigenvalue weighted by Gasteiger charge is 2.14. The number of carbonyl (C=O) groups is 1. The van der Waals surface area contributed by atoms with Crippen molar-refractivity contribution in [2.75, 3.05) is 14.1 Å². The molecule has 0 atom stereocenters. The van der Waals surface area contributed by atoms with Crippen molar-refractivity contribution >= 4 is 17.7 Å². The molecule has 0 bridgehead atoms. The third-order valence-corrected chi connectivity index (χ3v) is 2.01. The van der Waals surface area contributed by atoms with Gasteiger partial charge in [-0.05, 0) is 24.4 Å². The number of nitrogens with zero attached hydrogens (tertiary/aromatic N) is 2. The molecular formula is C12H14N2O4. The quantitative estimate of drug-likeness (QED) is 0.354. The summed E-state index contributed by atoms with van der Waals surface area (Å²) in [5, 5.41) is 10.9. The summed E-state index contributed by atoms with van der Waals surface area (Å²) in [5.41, 5.74) is 0.344. The number of hydrogen-bond acceptors (Lipinski definition) is 5. The summed E-state index contributed by atoms with van der Waals surface area (Å²) < 4.78 is 4.81. The molecule has 96 valence electrons. The van der Waals surface area contributed by atoms with Crippen molar-refractivity contribution in [3.8, 4) is 5.75 Å². The number of esters is 1. The number of benzene rings is 1. The van der Waals surface area contributed by atoms with Crippen LogP contribution in [-0.4, -0.2) is 29.9 Å². The molecule has 0 unspecified atom stereocenters. The van der Waals surface area contributed by atoms with Gasteiger partial charge in [-0.1, -0.05) is 0 Å². The van der Waals surface area contributed by atoms with Gasteiger partial charge in [0.25, 0.3) is 5.69 Å². The molecule has 0 saturated heterocycles. The zero-order valence-electron chi connectivity index (χ0n) is 10.4. The van der Waals surface area contributed by atoms with Crippen LogP contribution in [0.4, 0.5) is 5.69 Å². The summed E-state index contributed by atoms with van der Waals surface area (Å²) in [7, 11) is 3.63. The van der Waals surface area contributed by atoms with Gasteiger partial charge in [-0.2, -0.15) is 0 Å². The minimum absolute atomic E-state index is 0.105. The van der Waals surface area contributed by atoms with E-state index < -0.39 is 10.9 Å². The van der Waals surface area contributed by atoms with Crippen molar-refractivity contribution in [2.45, 2.75) is 6.92 Å². The van der Waals surface area contributed by atoms with Gasteiger partial charge >= 0.3 is 5.97 Å². The molecule has 0 fully saturated rings. The lowest BCUT2D eigenvalue weighted by Crippen LogP contribution is -2.03. The second-order valence-corrected chi connectivity index (χ2v) is 3.85. The highest BCUT2D eigenvalue weighted by atomic mass is 16.6. The molecule has 0 saturated carbocycles. The van der Waals surface area contributed by atoms with Crippen molar-refractivity contribution in [3.63, 3.8) is 0 Å². The van der Waals surface area contributed by atoms with E-state index in [0.717, 1.165) is 0 Å². The third kappa shape index (κ3) is 3.89. The number of nitro benzene ring substituents is 1. The van der Waals surface area contributed by atoms with Gasteiger partial charge in [0.05, 0.1) is 16.6 Å². The predicted molar refractivity (Wildman–Crippen MR) is 67.1 cm³/mol. The maximum absolute atomic E-state index is 10.9. The summed E-state index contributed by atoms with van der Waals surface area (Å²) >= 11 is 0. The van der Waals surface area contributed by atoms with Crippen LogP contribution < -0.4 is 4.74 Å². The molecule has 18 heavy (non-hydrogen) atoms. The Balaban J connectivity index is 3.12. The molecule has 0 N–H and O–H groups in total. The van der Waals surface area contributed by atoms with Gasteiger partial charge in [-0.15, -0.1) is 0 Å². The van der Waals surface area contributed by atoms with E-state index in [-0.39, 0.29) is 11.4 Å². The van der Waals surface area contributed by atoms with E-state index in [0.29, 0.717) is 5.56 Å². The average molecular weight is 250 g/mol. The van der Waals surface area contributed by atoms with Gasteiger partial charge in [0, 0.05) is 21.0 Å². The van der Waals surface area contributed by atoms with Crippen LogP contribution in [0.1, 0.15) is 12.5 Å². The molecule has 0 spiro atoms. The van der Waals surface area contributed by atoms with E-state index >= 15 is 0 Å². The molecule has 0 radical (unpaired) electrons. The number of nitro groups is 1. The summed E-state index contributed by atoms with van der Waals surface area (Å²) in [6.45, 7) is 1.24. The Morgan fingerprint density at radius 3 is 2.61 bits per heavy atom. The zero-order valence-corrected chi connectivity index (χ0v) is 10.4. The van der Waals surface area contributed by atoms with Gasteiger partial charge in [-0.3, -0.25) is 14.9 Å². The molecule has 0 aliphatic carbocycles. The molecule has 0 heterocycles. The normalized spacial score (nSPS) is 10.4. The van der Waals surface area contributed by atoms with Gasteiger partial charge in [-0.25, -0.2) is 0 Å². The summed E-state index contributed by atoms with van der Waals surface area (Å²) in [5.74, 6) is -0.350. The van der Waals surface area contributed by atoms with Crippen molar-refractivity contribution in [1.82, 2.24) is 4.90 Å². The van der Waals surface area contributed by atoms with E-state index in [1.807, 2.05) is 14.1 Å². The van der Waals surface area contributed by atoms with Gasteiger partial charge < -0.3 is 9.64 Å². The maximum atomic E-state index is 10.9. The van der Waals surface area contributed by atoms with E-state index in [2.05, 4.69) is 0 Å². The minimum atomic E-state index is -0.513. The molecular weight excluding hydrogens is 236 g/mol. The monoisotopic (exact) mass is 250 g/mol. The van der Waals surface area contributed by atoms with Crippen LogP contribution in [0.25, 0.3) is 6.08 Å². The first-order chi connectivity index (χ1) is 8.40. The molecule has 1 rings (SSSR count). The highest BCUT2D eigenvalue weighted by molar-refractivity contribution is 5.70. The van der Waals surface area contributed by atoms with Crippen LogP contribution in [0.2, 0.25) is 0 Å². The number of rotatable bonds is 4. The lowest BCUT2D eigenvalue weighted by molar-refractivity contribution is -0.385. The fourth-order valence-corrected chi connectivity index (χ4v) is 1.28. The SMILES string of the molecule is CC(=O)Oc1ccc(C=CN(C)C)c([N+](=O)[O-])c1. The van der Waals surface area contributed by atoms with E-state index in [4.69, 9.17) is 4.74 Å². The number of carbonyl (C=O) groups excluding carboxylic acids is 1. The Morgan fingerprint density at radius 2 is 2.11 bits per heavy atom. The standard InChI is InChI=1S/C12H14N2O4/c1-9(15)18-11-5-4-10(6-7-13(2)3)12(8-11)14(16)17/h4-8H,1-3H3. The van der Waals surface area contributed by atoms with Crippen molar-refractivity contribution < 1.29 is 14.5 Å². The second-order valence-electron chi connectivity index (χ2n) is 3.85. The lowest BCUT2D eigenvalue weighted by atomic mass is 10.1. The van der Waals surface area contributed by atoms with Crippen molar-refractivity contribution in [3.05, 3.63) is 40.1 Å². The molecule has 6 heteroatoms. The fraction of sp³-hybridized carbons (Fsp3) is 0.250. The maximum Gasteiger partial charge on any atom is 0.308 e. The summed E-state index contributed by atoms with van der Waals surface area (Å²) in [4.78, 5) is 23.0. The summed E-state index contributed by atoms with van der Waals surface area (Å²) in [6, 6.07) is 4.29. The Kier molecular flexibility index (Phi) is 4.42. The Bertz CT molecular complexity index is 495. The van der Waals surface area contributed by atoms with E-state index in [1.54, 1.807) is 17.2 Å². The molecule has 0 aromatic heterocycles. The van der Waals surface area contributed by atoms with Gasteiger partial charge in [0.2, 0.25) is 0 Å². The van der Waals surface area contributed by atoms with Crippen LogP contribution in [0.15, 0.2) is 24.4 Å². The fourth-order valence-electron chi connectivity index (χ4n) is 1.28. The molecule has 1 aromatic rings. The minimum Gasteiger partial charge on any atom is -0.426 e. The second kappa shape index (κ2) is 5.81. The molecule has 0 amide bonds. The van der Waals surface area contributed by atoms with Crippen LogP contribution in [-0.2, 0) is 4.79 Å². The van der Waals surface area contributed by atoms with Crippen LogP contribution in [0.3, 0.4) is 0 Å². The first kappa shape index (κ1) is 13.7. The van der Waals surface area contributed by atoms with Crippen LogP contribution in [0, 0.1) is 10.1 Å². The zero-order chi connectivity index (χ0) is 13.7. The number of hydrogen-bond donors (Lipinski definition) is 0. The molecule has 0 aliphatic heterocycles. The number of ether oxygens (including phenoxy) is 1.